The van der Waals surface area contributed by atoms with Crippen LogP contribution in [0.2, 0.25) is 0 Å². The molecule has 1 fully saturated rings. The Labute approximate surface area is 114 Å². The van der Waals surface area contributed by atoms with E-state index >= 15 is 0 Å². The van der Waals surface area contributed by atoms with Gasteiger partial charge in [-0.1, -0.05) is 0 Å². The predicted molar refractivity (Wildman–Crippen MR) is 68.5 cm³/mol. The highest BCUT2D eigenvalue weighted by atomic mass is 16.6. The molecule has 6 heteroatoms. The summed E-state index contributed by atoms with van der Waals surface area (Å²) < 4.78 is 15.4. The maximum absolute atomic E-state index is 12.2. The monoisotopic (exact) mass is 273 g/mol. The lowest BCUT2D eigenvalue weighted by Gasteiger charge is -2.39. The maximum atomic E-state index is 12.2. The van der Waals surface area contributed by atoms with E-state index in [1.54, 1.807) is 20.8 Å². The average Bonchev–Trinajstić information content (AvgIpc) is 2.34. The Kier molecular flexibility index (Phi) is 5.17. The van der Waals surface area contributed by atoms with Gasteiger partial charge in [-0.15, -0.1) is 0 Å². The van der Waals surface area contributed by atoms with Crippen LogP contribution in [0.5, 0.6) is 0 Å². The number of piperidine rings is 1. The third-order valence-electron chi connectivity index (χ3n) is 2.92. The molecule has 0 aromatic carbocycles. The molecule has 2 atom stereocenters. The molecule has 0 N–H and O–H groups in total. The van der Waals surface area contributed by atoms with Crippen molar-refractivity contribution in [1.29, 1.82) is 0 Å². The lowest BCUT2D eigenvalue weighted by molar-refractivity contribution is -0.156. The molecule has 6 nitrogen and oxygen atoms in total. The molecule has 0 aromatic heterocycles. The van der Waals surface area contributed by atoms with Gasteiger partial charge in [-0.3, -0.25) is 4.90 Å². The molecule has 1 heterocycles. The number of amides is 1. The molecule has 1 saturated heterocycles. The smallest absolute Gasteiger partial charge is 0.413 e. The number of methoxy groups -OCH3 is 2. The number of likely N-dealkylation sites (tertiary alicyclic amines) is 1. The topological polar surface area (TPSA) is 65.1 Å². The van der Waals surface area contributed by atoms with Crippen molar-refractivity contribution in [3.05, 3.63) is 0 Å². The molecule has 1 aliphatic heterocycles. The molecule has 0 aromatic rings. The Morgan fingerprint density at radius 1 is 1.16 bits per heavy atom. The Morgan fingerprint density at radius 3 is 2.26 bits per heavy atom. The number of ether oxygens (including phenoxy) is 3. The third-order valence-corrected chi connectivity index (χ3v) is 2.92. The van der Waals surface area contributed by atoms with Crippen LogP contribution < -0.4 is 0 Å². The molecule has 19 heavy (non-hydrogen) atoms. The first kappa shape index (κ1) is 15.8. The van der Waals surface area contributed by atoms with E-state index in [4.69, 9.17) is 14.2 Å². The minimum atomic E-state index is -0.640. The number of carbonyl (C=O) groups is 2. The van der Waals surface area contributed by atoms with Gasteiger partial charge in [0.25, 0.3) is 0 Å². The summed E-state index contributed by atoms with van der Waals surface area (Å²) in [6, 6.07) is -0.640. The lowest BCUT2D eigenvalue weighted by Crippen LogP contribution is -2.55. The van der Waals surface area contributed by atoms with Crippen molar-refractivity contribution in [3.63, 3.8) is 0 Å². The third kappa shape index (κ3) is 4.09. The number of esters is 1. The van der Waals surface area contributed by atoms with Crippen LogP contribution >= 0.6 is 0 Å². The van der Waals surface area contributed by atoms with E-state index in [1.807, 2.05) is 0 Å². The standard InChI is InChI=1S/C13H23NO5/c1-13(2,3)19-12(16)14-9(11(15)18-5)7-6-8-10(14)17-4/h9-10H,6-8H2,1-5H3/t9-,10+/m0/s1. The zero-order valence-electron chi connectivity index (χ0n) is 12.3. The van der Waals surface area contributed by atoms with Crippen LogP contribution in [-0.4, -0.2) is 49.1 Å². The SMILES string of the molecule is COC(=O)[C@@H]1CCC[C@@H](OC)N1C(=O)OC(C)(C)C. The zero-order chi connectivity index (χ0) is 14.6. The predicted octanol–water partition coefficient (Wildman–Crippen LogP) is 1.92. The fraction of sp³-hybridized carbons (Fsp3) is 0.846. The maximum Gasteiger partial charge on any atom is 0.413 e. The molecule has 0 unspecified atom stereocenters. The van der Waals surface area contributed by atoms with E-state index in [0.29, 0.717) is 12.8 Å². The Bertz CT molecular complexity index is 336. The normalized spacial score (nSPS) is 23.9. The van der Waals surface area contributed by atoms with Gasteiger partial charge in [0.1, 0.15) is 17.9 Å². The van der Waals surface area contributed by atoms with E-state index in [1.165, 1.54) is 19.1 Å². The summed E-state index contributed by atoms with van der Waals surface area (Å²) in [6.45, 7) is 5.34. The van der Waals surface area contributed by atoms with Gasteiger partial charge in [-0.05, 0) is 40.0 Å². The highest BCUT2D eigenvalue weighted by molar-refractivity contribution is 5.81. The molecule has 0 aliphatic carbocycles. The first-order chi connectivity index (χ1) is 8.80. The largest absolute Gasteiger partial charge is 0.467 e. The van der Waals surface area contributed by atoms with Gasteiger partial charge in [0, 0.05) is 7.11 Å². The van der Waals surface area contributed by atoms with Crippen molar-refractivity contribution in [1.82, 2.24) is 4.90 Å². The summed E-state index contributed by atoms with van der Waals surface area (Å²) >= 11 is 0. The highest BCUT2D eigenvalue weighted by Gasteiger charge is 2.41. The van der Waals surface area contributed by atoms with E-state index < -0.39 is 29.9 Å². The number of nitrogens with zero attached hydrogens (tertiary/aromatic N) is 1. The summed E-state index contributed by atoms with van der Waals surface area (Å²) in [5.74, 6) is -0.437. The Balaban J connectivity index is 2.91. The second-order valence-corrected chi connectivity index (χ2v) is 5.55. The van der Waals surface area contributed by atoms with Crippen LogP contribution in [-0.2, 0) is 19.0 Å². The van der Waals surface area contributed by atoms with Gasteiger partial charge in [0.2, 0.25) is 0 Å². The van der Waals surface area contributed by atoms with Crippen LogP contribution in [0.15, 0.2) is 0 Å². The molecule has 1 aliphatic rings. The van der Waals surface area contributed by atoms with E-state index in [2.05, 4.69) is 0 Å². The first-order valence-electron chi connectivity index (χ1n) is 6.42. The van der Waals surface area contributed by atoms with Gasteiger partial charge in [-0.25, -0.2) is 9.59 Å². The van der Waals surface area contributed by atoms with Crippen LogP contribution in [0.1, 0.15) is 40.0 Å². The molecular formula is C13H23NO5. The molecule has 0 saturated carbocycles. The first-order valence-corrected chi connectivity index (χ1v) is 6.42. The van der Waals surface area contributed by atoms with Gasteiger partial charge in [0.05, 0.1) is 7.11 Å². The van der Waals surface area contributed by atoms with Crippen molar-refractivity contribution in [2.45, 2.75) is 57.9 Å². The minimum absolute atomic E-state index is 0.437. The van der Waals surface area contributed by atoms with Gasteiger partial charge >= 0.3 is 12.1 Å². The summed E-state index contributed by atoms with van der Waals surface area (Å²) in [6.07, 6.45) is 1.05. The number of rotatable bonds is 2. The van der Waals surface area contributed by atoms with Crippen molar-refractivity contribution >= 4 is 12.1 Å². The summed E-state index contributed by atoms with van der Waals surface area (Å²) in [5, 5.41) is 0. The fourth-order valence-corrected chi connectivity index (χ4v) is 2.12. The Hall–Kier alpha value is -1.30. The van der Waals surface area contributed by atoms with Crippen LogP contribution in [0.4, 0.5) is 4.79 Å². The quantitative estimate of drug-likeness (QED) is 0.719. The summed E-state index contributed by atoms with van der Waals surface area (Å²) in [4.78, 5) is 25.4. The van der Waals surface area contributed by atoms with Crippen LogP contribution in [0.25, 0.3) is 0 Å². The van der Waals surface area contributed by atoms with E-state index in [9.17, 15) is 9.59 Å². The van der Waals surface area contributed by atoms with Gasteiger partial charge in [-0.2, -0.15) is 0 Å². The second kappa shape index (κ2) is 6.23. The van der Waals surface area contributed by atoms with E-state index in [0.717, 1.165) is 6.42 Å². The zero-order valence-corrected chi connectivity index (χ0v) is 12.3. The van der Waals surface area contributed by atoms with Crippen molar-refractivity contribution in [3.8, 4) is 0 Å². The van der Waals surface area contributed by atoms with Crippen molar-refractivity contribution < 1.29 is 23.8 Å². The van der Waals surface area contributed by atoms with E-state index in [-0.39, 0.29) is 0 Å². The highest BCUT2D eigenvalue weighted by Crippen LogP contribution is 2.26. The van der Waals surface area contributed by atoms with Gasteiger partial charge in [0.15, 0.2) is 0 Å². The summed E-state index contributed by atoms with van der Waals surface area (Å²) in [7, 11) is 2.83. The van der Waals surface area contributed by atoms with Crippen LogP contribution in [0.3, 0.4) is 0 Å². The molecule has 1 amide bonds. The fourth-order valence-electron chi connectivity index (χ4n) is 2.12. The van der Waals surface area contributed by atoms with Crippen molar-refractivity contribution in [2.24, 2.45) is 0 Å². The lowest BCUT2D eigenvalue weighted by atomic mass is 10.0. The molecular weight excluding hydrogens is 250 g/mol. The molecule has 110 valence electrons. The molecule has 0 radical (unpaired) electrons. The number of hydrogen-bond acceptors (Lipinski definition) is 5. The molecule has 1 rings (SSSR count). The minimum Gasteiger partial charge on any atom is -0.467 e. The molecule has 0 bridgehead atoms. The van der Waals surface area contributed by atoms with Crippen LogP contribution in [0, 0.1) is 0 Å². The number of carbonyl (C=O) groups excluding carboxylic acids is 2. The second-order valence-electron chi connectivity index (χ2n) is 5.55. The summed E-state index contributed by atoms with van der Waals surface area (Å²) in [5.41, 5.74) is -0.618. The molecule has 0 spiro atoms. The number of hydrogen-bond donors (Lipinski definition) is 0. The van der Waals surface area contributed by atoms with Crippen molar-refractivity contribution in [2.75, 3.05) is 14.2 Å². The average molecular weight is 273 g/mol. The van der Waals surface area contributed by atoms with Gasteiger partial charge < -0.3 is 14.2 Å². The Morgan fingerprint density at radius 2 is 1.79 bits per heavy atom.